The molecule has 5 aromatic rings. The minimum absolute atomic E-state index is 0.243. The van der Waals surface area contributed by atoms with Crippen molar-refractivity contribution in [1.82, 2.24) is 19.7 Å². The topological polar surface area (TPSA) is 69.6 Å². The molecular weight excluding hydrogens is 441 g/mol. The van der Waals surface area contributed by atoms with Crippen molar-refractivity contribution in [3.8, 4) is 16.4 Å². The summed E-state index contributed by atoms with van der Waals surface area (Å²) >= 11 is 3.08. The number of thioether (sulfide) groups is 1. The lowest BCUT2D eigenvalue weighted by atomic mass is 10.1. The lowest BCUT2D eigenvalue weighted by Crippen LogP contribution is -2.00. The van der Waals surface area contributed by atoms with Gasteiger partial charge in [-0.15, -0.1) is 21.5 Å². The van der Waals surface area contributed by atoms with E-state index in [0.717, 1.165) is 42.8 Å². The zero-order chi connectivity index (χ0) is 22.2. The smallest absolute Gasteiger partial charge is 0.196 e. The molecule has 0 bridgehead atoms. The largest absolute Gasteiger partial charge is 0.397 e. The molecule has 3 heterocycles. The Morgan fingerprint density at radius 2 is 1.78 bits per heavy atom. The Hall–Kier alpha value is -3.23. The number of aryl methyl sites for hydroxylation is 2. The molecule has 0 spiro atoms. The number of aromatic nitrogens is 4. The third kappa shape index (κ3) is 3.76. The van der Waals surface area contributed by atoms with E-state index in [1.54, 1.807) is 23.9 Å². The molecule has 0 aliphatic heterocycles. The summed E-state index contributed by atoms with van der Waals surface area (Å²) in [4.78, 5) is 6.44. The predicted molar refractivity (Wildman–Crippen MR) is 130 cm³/mol. The van der Waals surface area contributed by atoms with Gasteiger partial charge in [0.25, 0.3) is 0 Å². The van der Waals surface area contributed by atoms with Gasteiger partial charge in [0.15, 0.2) is 11.0 Å². The number of nitrogens with two attached hydrogens (primary N) is 1. The van der Waals surface area contributed by atoms with Crippen LogP contribution in [0.1, 0.15) is 16.8 Å². The summed E-state index contributed by atoms with van der Waals surface area (Å²) in [5.74, 6) is 1.09. The third-order valence-electron chi connectivity index (χ3n) is 5.16. The number of rotatable bonds is 5. The number of nitrogen functional groups attached to an aromatic ring is 1. The number of fused-ring (bicyclic) bond motifs is 1. The van der Waals surface area contributed by atoms with E-state index in [4.69, 9.17) is 5.73 Å². The Bertz CT molecular complexity index is 1410. The van der Waals surface area contributed by atoms with E-state index in [1.807, 2.05) is 47.9 Å². The summed E-state index contributed by atoms with van der Waals surface area (Å²) < 4.78 is 15.3. The quantitative estimate of drug-likeness (QED) is 0.317. The van der Waals surface area contributed by atoms with Gasteiger partial charge in [-0.3, -0.25) is 4.57 Å². The Labute approximate surface area is 193 Å². The monoisotopic (exact) mass is 461 g/mol. The van der Waals surface area contributed by atoms with Gasteiger partial charge in [0.2, 0.25) is 0 Å². The molecule has 3 aromatic heterocycles. The Morgan fingerprint density at radius 1 is 1.03 bits per heavy atom. The molecule has 0 aliphatic carbocycles. The number of para-hydroxylation sites is 1. The fourth-order valence-electron chi connectivity index (χ4n) is 3.68. The van der Waals surface area contributed by atoms with Crippen LogP contribution < -0.4 is 5.73 Å². The van der Waals surface area contributed by atoms with Crippen molar-refractivity contribution >= 4 is 39.0 Å². The highest BCUT2D eigenvalue weighted by Gasteiger charge is 2.22. The van der Waals surface area contributed by atoms with Crippen molar-refractivity contribution in [3.63, 3.8) is 0 Å². The van der Waals surface area contributed by atoms with Gasteiger partial charge in [0, 0.05) is 22.5 Å². The highest BCUT2D eigenvalue weighted by molar-refractivity contribution is 7.98. The molecule has 0 unspecified atom stereocenters. The molecule has 2 N–H and O–H groups in total. The highest BCUT2D eigenvalue weighted by Crippen LogP contribution is 2.42. The van der Waals surface area contributed by atoms with Crippen LogP contribution in [0.15, 0.2) is 65.8 Å². The van der Waals surface area contributed by atoms with E-state index in [9.17, 15) is 4.39 Å². The van der Waals surface area contributed by atoms with Crippen molar-refractivity contribution in [2.24, 2.45) is 0 Å². The molecule has 0 saturated heterocycles. The van der Waals surface area contributed by atoms with Gasteiger partial charge >= 0.3 is 0 Å². The van der Waals surface area contributed by atoms with Crippen LogP contribution in [-0.4, -0.2) is 19.7 Å². The molecule has 0 radical (unpaired) electrons. The van der Waals surface area contributed by atoms with Crippen molar-refractivity contribution in [2.75, 3.05) is 5.73 Å². The maximum Gasteiger partial charge on any atom is 0.196 e. The average Bonchev–Trinajstić information content (AvgIpc) is 3.34. The second kappa shape index (κ2) is 8.37. The molecule has 0 saturated carbocycles. The predicted octanol–water partition coefficient (Wildman–Crippen LogP) is 6.17. The average molecular weight is 462 g/mol. The van der Waals surface area contributed by atoms with Crippen molar-refractivity contribution in [1.29, 1.82) is 0 Å². The van der Waals surface area contributed by atoms with Crippen LogP contribution >= 0.6 is 23.1 Å². The van der Waals surface area contributed by atoms with E-state index in [-0.39, 0.29) is 5.82 Å². The van der Waals surface area contributed by atoms with Gasteiger partial charge < -0.3 is 5.73 Å². The van der Waals surface area contributed by atoms with Crippen molar-refractivity contribution < 1.29 is 4.39 Å². The molecule has 8 heteroatoms. The number of thiophene rings is 1. The van der Waals surface area contributed by atoms with Crippen molar-refractivity contribution in [3.05, 3.63) is 83.3 Å². The number of hydrogen-bond donors (Lipinski definition) is 1. The van der Waals surface area contributed by atoms with E-state index < -0.39 is 0 Å². The molecule has 2 aromatic carbocycles. The normalized spacial score (nSPS) is 11.3. The van der Waals surface area contributed by atoms with E-state index in [1.165, 1.54) is 23.5 Å². The molecule has 0 atom stereocenters. The lowest BCUT2D eigenvalue weighted by molar-refractivity contribution is 0.627. The number of nitrogens with zero attached hydrogens (tertiary/aromatic N) is 4. The highest BCUT2D eigenvalue weighted by atomic mass is 32.2. The van der Waals surface area contributed by atoms with Crippen LogP contribution in [0.3, 0.4) is 0 Å². The van der Waals surface area contributed by atoms with Crippen LogP contribution in [0.5, 0.6) is 0 Å². The first-order valence-corrected chi connectivity index (χ1v) is 11.9. The molecule has 32 heavy (non-hydrogen) atoms. The first-order chi connectivity index (χ1) is 15.5. The maximum absolute atomic E-state index is 13.3. The Morgan fingerprint density at radius 3 is 2.53 bits per heavy atom. The lowest BCUT2D eigenvalue weighted by Gasteiger charge is -2.10. The van der Waals surface area contributed by atoms with Crippen molar-refractivity contribution in [2.45, 2.75) is 24.8 Å². The zero-order valence-corrected chi connectivity index (χ0v) is 19.2. The van der Waals surface area contributed by atoms with Crippen LogP contribution in [0.4, 0.5) is 10.1 Å². The zero-order valence-electron chi connectivity index (χ0n) is 17.5. The Balaban J connectivity index is 1.62. The van der Waals surface area contributed by atoms with Crippen LogP contribution in [-0.2, 0) is 5.75 Å². The standard InChI is InChI=1S/C24H20FN5S2/c1-14-12-15(2)27-23-19(14)20(26)21(32-23)22-28-29-24(30(22)18-6-4-3-5-7-18)31-13-16-8-10-17(25)11-9-16/h3-12H,13,26H2,1-2H3. The number of pyridine rings is 1. The van der Waals surface area contributed by atoms with E-state index >= 15 is 0 Å². The third-order valence-corrected chi connectivity index (χ3v) is 7.25. The van der Waals surface area contributed by atoms with E-state index in [0.29, 0.717) is 17.3 Å². The minimum Gasteiger partial charge on any atom is -0.397 e. The molecule has 160 valence electrons. The molecular formula is C24H20FN5S2. The summed E-state index contributed by atoms with van der Waals surface area (Å²) in [6.45, 7) is 4.04. The van der Waals surface area contributed by atoms with Gasteiger partial charge in [-0.25, -0.2) is 9.37 Å². The summed E-state index contributed by atoms with van der Waals surface area (Å²) in [6, 6.07) is 18.5. The molecule has 0 aliphatic rings. The van der Waals surface area contributed by atoms with Crippen LogP contribution in [0, 0.1) is 19.7 Å². The maximum atomic E-state index is 13.3. The summed E-state index contributed by atoms with van der Waals surface area (Å²) in [5.41, 5.74) is 11.3. The fraction of sp³-hybridized carbons (Fsp3) is 0.125. The molecule has 0 fully saturated rings. The first-order valence-electron chi connectivity index (χ1n) is 10.1. The van der Waals surface area contributed by atoms with Gasteiger partial charge in [-0.1, -0.05) is 42.1 Å². The minimum atomic E-state index is -0.243. The van der Waals surface area contributed by atoms with Crippen LogP contribution in [0.2, 0.25) is 0 Å². The number of benzene rings is 2. The second-order valence-electron chi connectivity index (χ2n) is 7.50. The number of hydrogen-bond acceptors (Lipinski definition) is 6. The van der Waals surface area contributed by atoms with Gasteiger partial charge in [0.05, 0.1) is 10.6 Å². The number of anilines is 1. The number of halogens is 1. The molecule has 5 nitrogen and oxygen atoms in total. The fourth-order valence-corrected chi connectivity index (χ4v) is 5.78. The Kier molecular flexibility index (Phi) is 5.40. The van der Waals surface area contributed by atoms with Gasteiger partial charge in [-0.05, 0) is 55.3 Å². The molecule has 5 rings (SSSR count). The SMILES string of the molecule is Cc1cc(C)c2c(N)c(-c3nnc(SCc4ccc(F)cc4)n3-c3ccccc3)sc2n1. The summed E-state index contributed by atoms with van der Waals surface area (Å²) in [5, 5.41) is 10.7. The first kappa shape index (κ1) is 20.7. The van der Waals surface area contributed by atoms with Crippen LogP contribution in [0.25, 0.3) is 26.6 Å². The van der Waals surface area contributed by atoms with Gasteiger partial charge in [-0.2, -0.15) is 0 Å². The second-order valence-corrected chi connectivity index (χ2v) is 9.44. The van der Waals surface area contributed by atoms with Gasteiger partial charge in [0.1, 0.15) is 10.6 Å². The summed E-state index contributed by atoms with van der Waals surface area (Å²) in [7, 11) is 0. The molecule has 0 amide bonds. The summed E-state index contributed by atoms with van der Waals surface area (Å²) in [6.07, 6.45) is 0. The van der Waals surface area contributed by atoms with E-state index in [2.05, 4.69) is 22.1 Å².